The van der Waals surface area contributed by atoms with Crippen LogP contribution in [0.15, 0.2) is 78.0 Å². The van der Waals surface area contributed by atoms with Crippen LogP contribution in [-0.2, 0) is 34.1 Å². The van der Waals surface area contributed by atoms with Crippen molar-refractivity contribution in [3.05, 3.63) is 89.7 Å². The van der Waals surface area contributed by atoms with Gasteiger partial charge in [-0.1, -0.05) is 6.07 Å². The maximum Gasteiger partial charge on any atom is 0.490 e. The number of nitrogens with one attached hydrogen (secondary N) is 1. The SMILES string of the molecule is COc1ccc2[nH]ccc2c1CN(C)C.COc1ccc2c(ccn2S(=O)(=O)c2cccc(C(F)(F)F)c2)c1CN(C)C.O=C(O)C(F)(F)F. The number of methoxy groups -OCH3 is 2. The van der Waals surface area contributed by atoms with Crippen molar-refractivity contribution in [2.24, 2.45) is 0 Å². The molecule has 0 unspecified atom stereocenters. The minimum absolute atomic E-state index is 0.370. The van der Waals surface area contributed by atoms with Crippen molar-refractivity contribution in [1.29, 1.82) is 0 Å². The first-order valence-corrected chi connectivity index (χ1v) is 16.0. The third-order valence-corrected chi connectivity index (χ3v) is 8.74. The molecule has 17 heteroatoms. The predicted molar refractivity (Wildman–Crippen MR) is 176 cm³/mol. The molecule has 0 spiro atoms. The minimum atomic E-state index is -5.08. The molecule has 2 aromatic heterocycles. The van der Waals surface area contributed by atoms with E-state index in [0.29, 0.717) is 29.3 Å². The van der Waals surface area contributed by atoms with Crippen molar-refractivity contribution in [2.45, 2.75) is 30.3 Å². The first-order valence-electron chi connectivity index (χ1n) is 14.5. The molecule has 0 amide bonds. The summed E-state index contributed by atoms with van der Waals surface area (Å²) in [4.78, 5) is 15.7. The number of aromatic nitrogens is 2. The molecule has 0 bridgehead atoms. The second-order valence-corrected chi connectivity index (χ2v) is 13.1. The molecule has 0 saturated heterocycles. The fourth-order valence-corrected chi connectivity index (χ4v) is 6.30. The van der Waals surface area contributed by atoms with Crippen LogP contribution in [0.1, 0.15) is 16.7 Å². The number of halogens is 6. The van der Waals surface area contributed by atoms with E-state index in [9.17, 15) is 34.8 Å². The maximum absolute atomic E-state index is 13.0. The average Bonchev–Trinajstić information content (AvgIpc) is 3.69. The topological polar surface area (TPSA) is 117 Å². The molecule has 5 rings (SSSR count). The van der Waals surface area contributed by atoms with Gasteiger partial charge in [-0.05, 0) is 82.8 Å². The van der Waals surface area contributed by atoms with Crippen molar-refractivity contribution in [2.75, 3.05) is 42.4 Å². The van der Waals surface area contributed by atoms with Crippen molar-refractivity contribution in [1.82, 2.24) is 18.8 Å². The summed E-state index contributed by atoms with van der Waals surface area (Å²) in [5.74, 6) is -1.20. The van der Waals surface area contributed by atoms with Gasteiger partial charge in [0, 0.05) is 52.9 Å². The lowest BCUT2D eigenvalue weighted by atomic mass is 10.1. The predicted octanol–water partition coefficient (Wildman–Crippen LogP) is 6.84. The zero-order chi connectivity index (χ0) is 37.6. The summed E-state index contributed by atoms with van der Waals surface area (Å²) in [5.41, 5.74) is 2.55. The Bertz CT molecular complexity index is 2040. The molecule has 3 aromatic carbocycles. The molecule has 0 aliphatic carbocycles. The Morgan fingerprint density at radius 1 is 0.820 bits per heavy atom. The van der Waals surface area contributed by atoms with Crippen LogP contribution < -0.4 is 9.47 Å². The van der Waals surface area contributed by atoms with Crippen LogP contribution in [0, 0.1) is 0 Å². The largest absolute Gasteiger partial charge is 0.496 e. The smallest absolute Gasteiger partial charge is 0.490 e. The van der Waals surface area contributed by atoms with Crippen LogP contribution in [-0.4, -0.2) is 86.8 Å². The van der Waals surface area contributed by atoms with Crippen molar-refractivity contribution in [3.63, 3.8) is 0 Å². The summed E-state index contributed by atoms with van der Waals surface area (Å²) >= 11 is 0. The molecule has 2 N–H and O–H groups in total. The molecule has 0 atom stereocenters. The highest BCUT2D eigenvalue weighted by Gasteiger charge is 2.38. The molecule has 0 fully saturated rings. The number of carbonyl (C=O) groups is 1. The number of carboxylic acid groups (broad SMARTS) is 1. The zero-order valence-corrected chi connectivity index (χ0v) is 28.7. The van der Waals surface area contributed by atoms with Gasteiger partial charge in [0.25, 0.3) is 10.0 Å². The van der Waals surface area contributed by atoms with E-state index in [2.05, 4.69) is 30.0 Å². The number of alkyl halides is 6. The van der Waals surface area contributed by atoms with Crippen LogP contribution in [0.25, 0.3) is 21.8 Å². The number of aromatic amines is 1. The first kappa shape index (κ1) is 39.7. The van der Waals surface area contributed by atoms with Crippen LogP contribution in [0.4, 0.5) is 26.3 Å². The lowest BCUT2D eigenvalue weighted by molar-refractivity contribution is -0.192. The minimum Gasteiger partial charge on any atom is -0.496 e. The Kier molecular flexibility index (Phi) is 12.6. The summed E-state index contributed by atoms with van der Waals surface area (Å²) < 4.78 is 109. The van der Waals surface area contributed by atoms with Crippen molar-refractivity contribution >= 4 is 37.8 Å². The number of aliphatic carboxylic acids is 1. The molecule has 0 aliphatic rings. The highest BCUT2D eigenvalue weighted by Crippen LogP contribution is 2.34. The Morgan fingerprint density at radius 3 is 1.86 bits per heavy atom. The third-order valence-electron chi connectivity index (χ3n) is 7.06. The fraction of sp³-hybridized carbons (Fsp3) is 0.303. The molecule has 5 aromatic rings. The van der Waals surface area contributed by atoms with Crippen LogP contribution in [0.5, 0.6) is 11.5 Å². The van der Waals surface area contributed by atoms with E-state index < -0.39 is 38.8 Å². The van der Waals surface area contributed by atoms with E-state index in [1.165, 1.54) is 24.3 Å². The molecule has 0 radical (unpaired) electrons. The second kappa shape index (κ2) is 15.9. The normalized spacial score (nSPS) is 12.0. The highest BCUT2D eigenvalue weighted by molar-refractivity contribution is 7.90. The number of hydrogen-bond donors (Lipinski definition) is 2. The van der Waals surface area contributed by atoms with Crippen LogP contribution >= 0.6 is 0 Å². The molecule has 272 valence electrons. The number of rotatable bonds is 8. The van der Waals surface area contributed by atoms with Gasteiger partial charge in [0.2, 0.25) is 0 Å². The number of ether oxygens (including phenoxy) is 2. The van der Waals surface area contributed by atoms with E-state index in [1.54, 1.807) is 25.3 Å². The van der Waals surface area contributed by atoms with E-state index in [1.807, 2.05) is 37.3 Å². The van der Waals surface area contributed by atoms with Gasteiger partial charge in [-0.3, -0.25) is 0 Å². The zero-order valence-electron chi connectivity index (χ0n) is 27.8. The van der Waals surface area contributed by atoms with Crippen LogP contribution in [0.3, 0.4) is 0 Å². The number of carboxylic acids is 1. The number of benzene rings is 3. The van der Waals surface area contributed by atoms with E-state index in [-0.39, 0.29) is 0 Å². The quantitative estimate of drug-likeness (QED) is 0.167. The third kappa shape index (κ3) is 9.48. The highest BCUT2D eigenvalue weighted by atomic mass is 32.2. The Hall–Kier alpha value is -4.74. The lowest BCUT2D eigenvalue weighted by Gasteiger charge is -2.15. The van der Waals surface area contributed by atoms with Gasteiger partial charge >= 0.3 is 18.3 Å². The molecule has 0 aliphatic heterocycles. The summed E-state index contributed by atoms with van der Waals surface area (Å²) in [7, 11) is 6.89. The Balaban J connectivity index is 0.000000255. The molecule has 0 saturated carbocycles. The van der Waals surface area contributed by atoms with Gasteiger partial charge < -0.3 is 29.4 Å². The van der Waals surface area contributed by atoms with Gasteiger partial charge in [0.05, 0.1) is 30.2 Å². The Labute approximate surface area is 284 Å². The molecule has 10 nitrogen and oxygen atoms in total. The Morgan fingerprint density at radius 2 is 1.36 bits per heavy atom. The first-order chi connectivity index (χ1) is 23.2. The van der Waals surface area contributed by atoms with Crippen LogP contribution in [0.2, 0.25) is 0 Å². The average molecular weight is 731 g/mol. The number of nitrogens with zero attached hydrogens (tertiary/aromatic N) is 3. The standard InChI is InChI=1S/C19H19F3N2O3S.C12H16N2O.C2HF3O2/c1-23(2)12-16-15-9-10-24(17(15)7-8-18(16)27-3)28(25,26)14-6-4-5-13(11-14)19(20,21)22;1-14(2)8-10-9-6-7-13-11(9)4-5-12(10)15-3;3-2(4,5)1(6)7/h4-11H,12H2,1-3H3;4-7,13H,8H2,1-3H3;(H,6,7). The molecule has 2 heterocycles. The number of hydrogen-bond acceptors (Lipinski definition) is 7. The lowest BCUT2D eigenvalue weighted by Crippen LogP contribution is -2.21. The number of fused-ring (bicyclic) bond motifs is 2. The number of H-pyrrole nitrogens is 1. The maximum atomic E-state index is 13.0. The van der Waals surface area contributed by atoms with E-state index >= 15 is 0 Å². The van der Waals surface area contributed by atoms with Crippen molar-refractivity contribution in [3.8, 4) is 11.5 Å². The van der Waals surface area contributed by atoms with Gasteiger partial charge in [0.15, 0.2) is 0 Å². The summed E-state index contributed by atoms with van der Waals surface area (Å²) in [5, 5.41) is 9.02. The van der Waals surface area contributed by atoms with Crippen molar-refractivity contribution < 1.29 is 54.1 Å². The molecular formula is C33H36F6N4O6S. The molecule has 50 heavy (non-hydrogen) atoms. The van der Waals surface area contributed by atoms with Gasteiger partial charge in [0.1, 0.15) is 11.5 Å². The van der Waals surface area contributed by atoms with Gasteiger partial charge in [-0.2, -0.15) is 26.3 Å². The summed E-state index contributed by atoms with van der Waals surface area (Å²) in [6.45, 7) is 1.40. The van der Waals surface area contributed by atoms with E-state index in [4.69, 9.17) is 19.4 Å². The molecular weight excluding hydrogens is 694 g/mol. The van der Waals surface area contributed by atoms with E-state index in [0.717, 1.165) is 45.5 Å². The van der Waals surface area contributed by atoms with Gasteiger partial charge in [-0.25, -0.2) is 17.2 Å². The monoisotopic (exact) mass is 730 g/mol. The fourth-order valence-electron chi connectivity index (χ4n) is 4.91. The second-order valence-electron chi connectivity index (χ2n) is 11.3. The summed E-state index contributed by atoms with van der Waals surface area (Å²) in [6.07, 6.45) is -6.40. The summed E-state index contributed by atoms with van der Waals surface area (Å²) in [6, 6.07) is 14.7. The van der Waals surface area contributed by atoms with Gasteiger partial charge in [-0.15, -0.1) is 0 Å².